The summed E-state index contributed by atoms with van der Waals surface area (Å²) in [6, 6.07) is 2.29. The van der Waals surface area contributed by atoms with Gasteiger partial charge in [-0.3, -0.25) is 0 Å². The third-order valence-electron chi connectivity index (χ3n) is 2.65. The van der Waals surface area contributed by atoms with Crippen LogP contribution < -0.4 is 15.8 Å². The second-order valence-corrected chi connectivity index (χ2v) is 6.59. The van der Waals surface area contributed by atoms with Crippen LogP contribution in [0, 0.1) is 5.92 Å². The maximum absolute atomic E-state index is 10.7. The number of benzene rings is 1. The predicted octanol–water partition coefficient (Wildman–Crippen LogP) is 4.06. The van der Waals surface area contributed by atoms with E-state index in [9.17, 15) is 4.79 Å². The highest BCUT2D eigenvalue weighted by Gasteiger charge is 2.52. The third-order valence-corrected chi connectivity index (χ3v) is 4.14. The molecule has 0 saturated heterocycles. The van der Waals surface area contributed by atoms with E-state index in [1.807, 2.05) is 0 Å². The molecule has 0 heterocycles. The molecule has 1 aliphatic rings. The van der Waals surface area contributed by atoms with Gasteiger partial charge in [0.2, 0.25) is 0 Å². The average Bonchev–Trinajstić information content (AvgIpc) is 2.84. The highest BCUT2D eigenvalue weighted by atomic mass is 35.5. The van der Waals surface area contributed by atoms with Gasteiger partial charge in [-0.15, -0.1) is 23.2 Å². The van der Waals surface area contributed by atoms with E-state index in [4.69, 9.17) is 56.9 Å². The lowest BCUT2D eigenvalue weighted by Crippen LogP contribution is -2.19. The molecule has 1 aliphatic carbocycles. The smallest absolute Gasteiger partial charge is 0.316 e. The van der Waals surface area contributed by atoms with Gasteiger partial charge in [-0.2, -0.15) is 0 Å². The highest BCUT2D eigenvalue weighted by Crippen LogP contribution is 2.53. The predicted molar refractivity (Wildman–Crippen MR) is 77.7 cm³/mol. The van der Waals surface area contributed by atoms with Crippen molar-refractivity contribution in [2.24, 2.45) is 11.7 Å². The summed E-state index contributed by atoms with van der Waals surface area (Å²) in [5, 5.41) is 2.92. The Kier molecular flexibility index (Phi) is 4.26. The van der Waals surface area contributed by atoms with Gasteiger partial charge in [-0.1, -0.05) is 23.2 Å². The van der Waals surface area contributed by atoms with Crippen LogP contribution in [0.5, 0.6) is 5.75 Å². The van der Waals surface area contributed by atoms with Crippen molar-refractivity contribution in [3.8, 4) is 5.75 Å². The molecule has 2 amide bonds. The van der Waals surface area contributed by atoms with Crippen molar-refractivity contribution in [3.05, 3.63) is 22.2 Å². The van der Waals surface area contributed by atoms with Gasteiger partial charge in [0.25, 0.3) is 0 Å². The molecule has 4 nitrogen and oxygen atoms in total. The minimum absolute atomic E-state index is 0.0615. The number of anilines is 1. The first-order chi connectivity index (χ1) is 8.79. The summed E-state index contributed by atoms with van der Waals surface area (Å²) in [7, 11) is 0. The molecule has 1 aromatic carbocycles. The van der Waals surface area contributed by atoms with E-state index >= 15 is 0 Å². The molecule has 0 aromatic heterocycles. The molecular weight excluding hydrogens is 334 g/mol. The SMILES string of the molecule is NC(=O)Nc1cc(Cl)c(OCC2CC2(Cl)Cl)c(Cl)c1. The lowest BCUT2D eigenvalue weighted by molar-refractivity contribution is 0.259. The second-order valence-electron chi connectivity index (χ2n) is 4.23. The number of urea groups is 1. The highest BCUT2D eigenvalue weighted by molar-refractivity contribution is 6.50. The van der Waals surface area contributed by atoms with Crippen LogP contribution in [-0.4, -0.2) is 17.0 Å². The largest absolute Gasteiger partial charge is 0.490 e. The Morgan fingerprint density at radius 2 is 1.95 bits per heavy atom. The summed E-state index contributed by atoms with van der Waals surface area (Å²) < 4.78 is 4.79. The molecule has 0 spiro atoms. The van der Waals surface area contributed by atoms with Gasteiger partial charge in [0.1, 0.15) is 4.33 Å². The number of ether oxygens (including phenoxy) is 1. The molecule has 1 aromatic rings. The van der Waals surface area contributed by atoms with Gasteiger partial charge in [0.05, 0.1) is 16.7 Å². The van der Waals surface area contributed by atoms with Gasteiger partial charge in [0.15, 0.2) is 5.75 Å². The van der Waals surface area contributed by atoms with Gasteiger partial charge < -0.3 is 15.8 Å². The lowest BCUT2D eigenvalue weighted by Gasteiger charge is -2.12. The molecule has 1 fully saturated rings. The van der Waals surface area contributed by atoms with Gasteiger partial charge in [0, 0.05) is 11.6 Å². The van der Waals surface area contributed by atoms with Crippen molar-refractivity contribution < 1.29 is 9.53 Å². The standard InChI is InChI=1S/C11H10Cl4N2O2/c12-7-1-6(17-10(16)18)2-8(13)9(7)19-4-5-3-11(5,14)15/h1-2,5H,3-4H2,(H3,16,17,18). The van der Waals surface area contributed by atoms with Crippen molar-refractivity contribution >= 4 is 58.1 Å². The van der Waals surface area contributed by atoms with E-state index in [1.165, 1.54) is 12.1 Å². The summed E-state index contributed by atoms with van der Waals surface area (Å²) in [4.78, 5) is 10.7. The molecule has 0 aliphatic heterocycles. The monoisotopic (exact) mass is 342 g/mol. The summed E-state index contributed by atoms with van der Waals surface area (Å²) in [5.41, 5.74) is 5.40. The number of halogens is 4. The zero-order chi connectivity index (χ0) is 14.2. The Balaban J connectivity index is 2.06. The maximum Gasteiger partial charge on any atom is 0.316 e. The molecular formula is C11H10Cl4N2O2. The maximum atomic E-state index is 10.7. The number of carbonyl (C=O) groups excluding carboxylic acids is 1. The van der Waals surface area contributed by atoms with Gasteiger partial charge in [-0.05, 0) is 18.6 Å². The van der Waals surface area contributed by atoms with Crippen LogP contribution >= 0.6 is 46.4 Å². The Morgan fingerprint density at radius 1 is 1.42 bits per heavy atom. The number of carbonyl (C=O) groups is 1. The molecule has 3 N–H and O–H groups in total. The molecule has 2 rings (SSSR count). The average molecular weight is 344 g/mol. The molecule has 1 atom stereocenters. The molecule has 19 heavy (non-hydrogen) atoms. The van der Waals surface area contributed by atoms with Crippen molar-refractivity contribution in [2.45, 2.75) is 10.8 Å². The van der Waals surface area contributed by atoms with Crippen LogP contribution in [-0.2, 0) is 0 Å². The first-order valence-corrected chi connectivity index (χ1v) is 6.87. The quantitative estimate of drug-likeness (QED) is 0.810. The van der Waals surface area contributed by atoms with E-state index in [0.29, 0.717) is 24.5 Å². The van der Waals surface area contributed by atoms with Crippen molar-refractivity contribution in [2.75, 3.05) is 11.9 Å². The Hall–Kier alpha value is -0.550. The van der Waals surface area contributed by atoms with Crippen molar-refractivity contribution in [1.29, 1.82) is 0 Å². The zero-order valence-electron chi connectivity index (χ0n) is 9.55. The third kappa shape index (κ3) is 3.72. The van der Waals surface area contributed by atoms with E-state index < -0.39 is 10.4 Å². The van der Waals surface area contributed by atoms with E-state index in [0.717, 1.165) is 0 Å². The van der Waals surface area contributed by atoms with Crippen molar-refractivity contribution in [3.63, 3.8) is 0 Å². The minimum atomic E-state index is -0.716. The van der Waals surface area contributed by atoms with Gasteiger partial charge in [-0.25, -0.2) is 4.79 Å². The number of alkyl halides is 2. The topological polar surface area (TPSA) is 64.4 Å². The first kappa shape index (κ1) is 14.9. The fourth-order valence-corrected chi connectivity index (χ4v) is 2.64. The van der Waals surface area contributed by atoms with Crippen LogP contribution in [0.3, 0.4) is 0 Å². The fraction of sp³-hybridized carbons (Fsp3) is 0.364. The Morgan fingerprint density at radius 3 is 2.37 bits per heavy atom. The molecule has 0 bridgehead atoms. The number of nitrogens with two attached hydrogens (primary N) is 1. The number of amides is 2. The van der Waals surface area contributed by atoms with Crippen LogP contribution in [0.25, 0.3) is 0 Å². The molecule has 104 valence electrons. The van der Waals surface area contributed by atoms with Crippen LogP contribution in [0.2, 0.25) is 10.0 Å². The van der Waals surface area contributed by atoms with E-state index in [2.05, 4.69) is 5.32 Å². The molecule has 0 radical (unpaired) electrons. The molecule has 1 saturated carbocycles. The van der Waals surface area contributed by atoms with Crippen LogP contribution in [0.1, 0.15) is 6.42 Å². The summed E-state index contributed by atoms with van der Waals surface area (Å²) in [5.74, 6) is 0.390. The normalized spacial score (nSPS) is 19.9. The summed E-state index contributed by atoms with van der Waals surface area (Å²) in [6.07, 6.45) is 0.673. The number of rotatable bonds is 4. The molecule has 1 unspecified atom stereocenters. The second kappa shape index (κ2) is 5.44. The summed E-state index contributed by atoms with van der Waals surface area (Å²) in [6.45, 7) is 0.328. The summed E-state index contributed by atoms with van der Waals surface area (Å²) >= 11 is 23.8. The van der Waals surface area contributed by atoms with Crippen molar-refractivity contribution in [1.82, 2.24) is 0 Å². The fourth-order valence-electron chi connectivity index (χ4n) is 1.55. The molecule has 8 heteroatoms. The zero-order valence-corrected chi connectivity index (χ0v) is 12.6. The minimum Gasteiger partial charge on any atom is -0.490 e. The first-order valence-electron chi connectivity index (χ1n) is 5.35. The number of primary amides is 1. The van der Waals surface area contributed by atoms with E-state index in [-0.39, 0.29) is 16.0 Å². The van der Waals surface area contributed by atoms with Gasteiger partial charge >= 0.3 is 6.03 Å². The number of nitrogens with one attached hydrogen (secondary N) is 1. The number of hydrogen-bond donors (Lipinski definition) is 2. The Bertz CT molecular complexity index is 498. The lowest BCUT2D eigenvalue weighted by atomic mass is 10.3. The van der Waals surface area contributed by atoms with E-state index in [1.54, 1.807) is 0 Å². The Labute approximate surface area is 130 Å². The van der Waals surface area contributed by atoms with Crippen LogP contribution in [0.4, 0.5) is 10.5 Å². The van der Waals surface area contributed by atoms with Crippen LogP contribution in [0.15, 0.2) is 12.1 Å². The number of hydrogen-bond acceptors (Lipinski definition) is 2.